The van der Waals surface area contributed by atoms with Crippen molar-refractivity contribution >= 4 is 5.91 Å². The summed E-state index contributed by atoms with van der Waals surface area (Å²) in [7, 11) is 0. The van der Waals surface area contributed by atoms with Crippen LogP contribution in [0.15, 0.2) is 0 Å². The van der Waals surface area contributed by atoms with E-state index in [9.17, 15) is 4.79 Å². The second kappa shape index (κ2) is 4.94. The zero-order valence-electron chi connectivity index (χ0n) is 9.32. The summed E-state index contributed by atoms with van der Waals surface area (Å²) in [5.74, 6) is 0.935. The maximum absolute atomic E-state index is 11.8. The molecule has 15 heavy (non-hydrogen) atoms. The highest BCUT2D eigenvalue weighted by Crippen LogP contribution is 2.15. The van der Waals surface area contributed by atoms with Crippen molar-refractivity contribution in [2.45, 2.75) is 19.3 Å². The first-order valence-electron chi connectivity index (χ1n) is 6.00. The number of nitrogens with zero attached hydrogens (tertiary/aromatic N) is 2. The minimum Gasteiger partial charge on any atom is -0.342 e. The van der Waals surface area contributed by atoms with Gasteiger partial charge in [0.2, 0.25) is 5.91 Å². The minimum absolute atomic E-state index is 0.310. The van der Waals surface area contributed by atoms with Crippen LogP contribution in [0, 0.1) is 5.92 Å². The molecule has 0 aliphatic carbocycles. The molecule has 2 aliphatic heterocycles. The predicted octanol–water partition coefficient (Wildman–Crippen LogP) is -0.111. The SMILES string of the molecule is NCC1CN(CC(=O)N2CCCCC2)C1. The average Bonchev–Trinajstić information content (AvgIpc) is 2.23. The van der Waals surface area contributed by atoms with Crippen LogP contribution in [0.4, 0.5) is 0 Å². The molecule has 0 aromatic rings. The number of nitrogens with two attached hydrogens (primary N) is 1. The topological polar surface area (TPSA) is 49.6 Å². The van der Waals surface area contributed by atoms with Gasteiger partial charge in [-0.05, 0) is 31.7 Å². The number of amides is 1. The van der Waals surface area contributed by atoms with Gasteiger partial charge in [0.25, 0.3) is 0 Å². The first-order chi connectivity index (χ1) is 7.29. The molecule has 0 unspecified atom stereocenters. The standard InChI is InChI=1S/C11H21N3O/c12-6-10-7-13(8-10)9-11(15)14-4-2-1-3-5-14/h10H,1-9,12H2. The van der Waals surface area contributed by atoms with E-state index in [0.29, 0.717) is 18.4 Å². The zero-order valence-corrected chi connectivity index (χ0v) is 9.32. The lowest BCUT2D eigenvalue weighted by molar-refractivity contribution is -0.134. The van der Waals surface area contributed by atoms with Crippen LogP contribution in [-0.4, -0.2) is 55.0 Å². The quantitative estimate of drug-likeness (QED) is 0.708. The molecule has 2 rings (SSSR count). The largest absolute Gasteiger partial charge is 0.342 e. The molecule has 0 bridgehead atoms. The number of carbonyl (C=O) groups excluding carboxylic acids is 1. The summed E-state index contributed by atoms with van der Waals surface area (Å²) in [4.78, 5) is 16.1. The van der Waals surface area contributed by atoms with Crippen LogP contribution in [-0.2, 0) is 4.79 Å². The lowest BCUT2D eigenvalue weighted by Crippen LogP contribution is -2.54. The van der Waals surface area contributed by atoms with Gasteiger partial charge in [0.15, 0.2) is 0 Å². The van der Waals surface area contributed by atoms with Gasteiger partial charge in [-0.2, -0.15) is 0 Å². The van der Waals surface area contributed by atoms with Crippen molar-refractivity contribution in [3.05, 3.63) is 0 Å². The zero-order chi connectivity index (χ0) is 10.7. The van der Waals surface area contributed by atoms with Crippen molar-refractivity contribution in [1.82, 2.24) is 9.80 Å². The molecule has 0 aromatic heterocycles. The molecule has 2 N–H and O–H groups in total. The van der Waals surface area contributed by atoms with E-state index < -0.39 is 0 Å². The Kier molecular flexibility index (Phi) is 3.59. The third-order valence-electron chi connectivity index (χ3n) is 3.43. The van der Waals surface area contributed by atoms with E-state index in [0.717, 1.165) is 32.7 Å². The number of hydrogen-bond donors (Lipinski definition) is 1. The fourth-order valence-corrected chi connectivity index (χ4v) is 2.39. The Labute approximate surface area is 91.4 Å². The second-order valence-corrected chi connectivity index (χ2v) is 4.74. The smallest absolute Gasteiger partial charge is 0.236 e. The summed E-state index contributed by atoms with van der Waals surface area (Å²) in [6.45, 7) is 5.32. The van der Waals surface area contributed by atoms with Gasteiger partial charge in [0, 0.05) is 26.2 Å². The number of carbonyl (C=O) groups is 1. The van der Waals surface area contributed by atoms with Crippen molar-refractivity contribution in [2.24, 2.45) is 11.7 Å². The van der Waals surface area contributed by atoms with E-state index >= 15 is 0 Å². The highest BCUT2D eigenvalue weighted by Gasteiger charge is 2.28. The molecule has 86 valence electrons. The Morgan fingerprint density at radius 3 is 2.47 bits per heavy atom. The summed E-state index contributed by atoms with van der Waals surface area (Å²) >= 11 is 0. The summed E-state index contributed by atoms with van der Waals surface area (Å²) in [5, 5.41) is 0. The van der Waals surface area contributed by atoms with E-state index in [1.54, 1.807) is 0 Å². The molecule has 2 heterocycles. The molecule has 0 aromatic carbocycles. The highest BCUT2D eigenvalue weighted by atomic mass is 16.2. The molecule has 0 radical (unpaired) electrons. The predicted molar refractivity (Wildman–Crippen MR) is 59.4 cm³/mol. The van der Waals surface area contributed by atoms with Crippen LogP contribution < -0.4 is 5.73 Å². The van der Waals surface area contributed by atoms with Crippen LogP contribution in [0.3, 0.4) is 0 Å². The van der Waals surface area contributed by atoms with Gasteiger partial charge in [-0.15, -0.1) is 0 Å². The third-order valence-corrected chi connectivity index (χ3v) is 3.43. The Morgan fingerprint density at radius 2 is 1.87 bits per heavy atom. The summed E-state index contributed by atoms with van der Waals surface area (Å²) in [6.07, 6.45) is 3.64. The van der Waals surface area contributed by atoms with Gasteiger partial charge >= 0.3 is 0 Å². The summed E-state index contributed by atoms with van der Waals surface area (Å²) in [5.41, 5.74) is 5.55. The van der Waals surface area contributed by atoms with Gasteiger partial charge in [0.05, 0.1) is 6.54 Å². The molecule has 0 atom stereocenters. The molecule has 1 amide bonds. The van der Waals surface area contributed by atoms with Crippen molar-refractivity contribution in [2.75, 3.05) is 39.3 Å². The van der Waals surface area contributed by atoms with Gasteiger partial charge in [-0.25, -0.2) is 0 Å². The number of hydrogen-bond acceptors (Lipinski definition) is 3. The van der Waals surface area contributed by atoms with E-state index in [1.807, 2.05) is 4.90 Å². The van der Waals surface area contributed by atoms with E-state index in [1.165, 1.54) is 19.3 Å². The molecule has 2 aliphatic rings. The van der Waals surface area contributed by atoms with E-state index in [-0.39, 0.29) is 0 Å². The molecule has 2 fully saturated rings. The Morgan fingerprint density at radius 1 is 1.20 bits per heavy atom. The van der Waals surface area contributed by atoms with Crippen LogP contribution in [0.25, 0.3) is 0 Å². The molecule has 0 spiro atoms. The molecule has 2 saturated heterocycles. The van der Waals surface area contributed by atoms with Gasteiger partial charge in [0.1, 0.15) is 0 Å². The minimum atomic E-state index is 0.310. The fourth-order valence-electron chi connectivity index (χ4n) is 2.39. The third kappa shape index (κ3) is 2.69. The lowest BCUT2D eigenvalue weighted by Gasteiger charge is -2.39. The Balaban J connectivity index is 1.68. The maximum Gasteiger partial charge on any atom is 0.236 e. The van der Waals surface area contributed by atoms with Crippen molar-refractivity contribution in [3.8, 4) is 0 Å². The molecule has 0 saturated carbocycles. The van der Waals surface area contributed by atoms with E-state index in [2.05, 4.69) is 4.90 Å². The molecular formula is C11H21N3O. The van der Waals surface area contributed by atoms with Crippen molar-refractivity contribution < 1.29 is 4.79 Å². The van der Waals surface area contributed by atoms with Crippen LogP contribution in [0.1, 0.15) is 19.3 Å². The second-order valence-electron chi connectivity index (χ2n) is 4.74. The first kappa shape index (κ1) is 10.9. The molecular weight excluding hydrogens is 190 g/mol. The molecule has 4 heteroatoms. The number of likely N-dealkylation sites (tertiary alicyclic amines) is 2. The Hall–Kier alpha value is -0.610. The Bertz CT molecular complexity index is 220. The van der Waals surface area contributed by atoms with Crippen molar-refractivity contribution in [3.63, 3.8) is 0 Å². The monoisotopic (exact) mass is 211 g/mol. The normalized spacial score (nSPS) is 23.9. The number of piperidine rings is 1. The average molecular weight is 211 g/mol. The summed E-state index contributed by atoms with van der Waals surface area (Å²) in [6, 6.07) is 0. The fraction of sp³-hybridized carbons (Fsp3) is 0.909. The number of rotatable bonds is 3. The van der Waals surface area contributed by atoms with E-state index in [4.69, 9.17) is 5.73 Å². The van der Waals surface area contributed by atoms with Crippen LogP contribution in [0.5, 0.6) is 0 Å². The van der Waals surface area contributed by atoms with Crippen LogP contribution in [0.2, 0.25) is 0 Å². The first-order valence-corrected chi connectivity index (χ1v) is 6.00. The van der Waals surface area contributed by atoms with Gasteiger partial charge < -0.3 is 10.6 Å². The summed E-state index contributed by atoms with van der Waals surface area (Å²) < 4.78 is 0. The van der Waals surface area contributed by atoms with Gasteiger partial charge in [-0.1, -0.05) is 0 Å². The maximum atomic E-state index is 11.8. The van der Waals surface area contributed by atoms with Gasteiger partial charge in [-0.3, -0.25) is 9.69 Å². The highest BCUT2D eigenvalue weighted by molar-refractivity contribution is 5.78. The van der Waals surface area contributed by atoms with Crippen LogP contribution >= 0.6 is 0 Å². The van der Waals surface area contributed by atoms with Crippen molar-refractivity contribution in [1.29, 1.82) is 0 Å². The molecule has 4 nitrogen and oxygen atoms in total. The lowest BCUT2D eigenvalue weighted by atomic mass is 10.0.